The van der Waals surface area contributed by atoms with Crippen molar-refractivity contribution >= 4 is 0 Å². The van der Waals surface area contributed by atoms with Crippen LogP contribution in [0.25, 0.3) is 0 Å². The molecule has 24 heavy (non-hydrogen) atoms. The summed E-state index contributed by atoms with van der Waals surface area (Å²) in [5.74, 6) is 1.15. The van der Waals surface area contributed by atoms with Gasteiger partial charge in [-0.3, -0.25) is 0 Å². The molecule has 0 aromatic heterocycles. The Labute approximate surface area is 145 Å². The summed E-state index contributed by atoms with van der Waals surface area (Å²) in [4.78, 5) is 0. The third-order valence-electron chi connectivity index (χ3n) is 5.04. The van der Waals surface area contributed by atoms with E-state index in [1.165, 1.54) is 11.1 Å². The van der Waals surface area contributed by atoms with E-state index in [1.54, 1.807) is 0 Å². The Hall–Kier alpha value is -1.64. The van der Waals surface area contributed by atoms with Crippen LogP contribution in [0.3, 0.4) is 0 Å². The highest BCUT2D eigenvalue weighted by atomic mass is 16.5. The Bertz CT molecular complexity index is 581. The van der Waals surface area contributed by atoms with Crippen LogP contribution < -0.4 is 0 Å². The molecule has 1 saturated heterocycles. The molecule has 1 heterocycles. The molecule has 0 spiro atoms. The minimum atomic E-state index is 0.375. The predicted molar refractivity (Wildman–Crippen MR) is 97.9 cm³/mol. The quantitative estimate of drug-likeness (QED) is 0.689. The molecule has 128 valence electrons. The van der Waals surface area contributed by atoms with Crippen LogP contribution in [-0.2, 0) is 22.5 Å². The first-order valence-electron chi connectivity index (χ1n) is 9.10. The van der Waals surface area contributed by atoms with Crippen molar-refractivity contribution < 1.29 is 9.47 Å². The standard InChI is InChI=1S/C22H28O2/c1-18(16-23-17-20-10-6-3-7-11-20)21-14-15-24-22(21)13-12-19-8-4-2-5-9-19/h2-11,18,21-22H,12-17H2,1H3/t18-,21+,22-/m0/s1. The molecule has 0 unspecified atom stereocenters. The normalized spacial score (nSPS) is 21.7. The fraction of sp³-hybridized carbons (Fsp3) is 0.455. The number of ether oxygens (including phenoxy) is 2. The largest absolute Gasteiger partial charge is 0.378 e. The molecule has 2 heteroatoms. The Kier molecular flexibility index (Phi) is 6.45. The first kappa shape index (κ1) is 17.2. The average Bonchev–Trinajstić information content (AvgIpc) is 3.10. The Morgan fingerprint density at radius 1 is 1.00 bits per heavy atom. The van der Waals surface area contributed by atoms with Gasteiger partial charge in [0.15, 0.2) is 0 Å². The summed E-state index contributed by atoms with van der Waals surface area (Å²) in [6.07, 6.45) is 3.74. The summed E-state index contributed by atoms with van der Waals surface area (Å²) in [6.45, 7) is 4.71. The highest BCUT2D eigenvalue weighted by Gasteiger charge is 2.32. The maximum atomic E-state index is 6.02. The van der Waals surface area contributed by atoms with Crippen molar-refractivity contribution in [1.82, 2.24) is 0 Å². The zero-order valence-corrected chi connectivity index (χ0v) is 14.6. The second-order valence-electron chi connectivity index (χ2n) is 6.86. The van der Waals surface area contributed by atoms with Gasteiger partial charge in [0.25, 0.3) is 0 Å². The molecule has 3 atom stereocenters. The number of benzene rings is 2. The number of hydrogen-bond donors (Lipinski definition) is 0. The van der Waals surface area contributed by atoms with Crippen LogP contribution in [0.5, 0.6) is 0 Å². The topological polar surface area (TPSA) is 18.5 Å². The van der Waals surface area contributed by atoms with Gasteiger partial charge in [-0.25, -0.2) is 0 Å². The SMILES string of the molecule is C[C@@H](COCc1ccccc1)[C@H]1CCO[C@H]1CCc1ccccc1. The van der Waals surface area contributed by atoms with Gasteiger partial charge in [0.2, 0.25) is 0 Å². The average molecular weight is 324 g/mol. The summed E-state index contributed by atoms with van der Waals surface area (Å²) < 4.78 is 12.0. The molecule has 0 amide bonds. The zero-order valence-electron chi connectivity index (χ0n) is 14.6. The number of rotatable bonds is 8. The van der Waals surface area contributed by atoms with Gasteiger partial charge in [-0.1, -0.05) is 67.6 Å². The molecular weight excluding hydrogens is 296 g/mol. The molecule has 2 aromatic rings. The van der Waals surface area contributed by atoms with Crippen LogP contribution in [0.4, 0.5) is 0 Å². The zero-order chi connectivity index (χ0) is 16.6. The van der Waals surface area contributed by atoms with Crippen molar-refractivity contribution in [3.05, 3.63) is 71.8 Å². The van der Waals surface area contributed by atoms with Crippen molar-refractivity contribution in [3.63, 3.8) is 0 Å². The smallest absolute Gasteiger partial charge is 0.0717 e. The number of hydrogen-bond acceptors (Lipinski definition) is 2. The second kappa shape index (κ2) is 9.00. The summed E-state index contributed by atoms with van der Waals surface area (Å²) in [6, 6.07) is 21.1. The van der Waals surface area contributed by atoms with Gasteiger partial charge in [-0.05, 0) is 42.2 Å². The van der Waals surface area contributed by atoms with Gasteiger partial charge in [0.1, 0.15) is 0 Å². The van der Waals surface area contributed by atoms with E-state index in [0.717, 1.165) is 32.5 Å². The lowest BCUT2D eigenvalue weighted by Crippen LogP contribution is -2.26. The van der Waals surface area contributed by atoms with E-state index < -0.39 is 0 Å². The Morgan fingerprint density at radius 2 is 1.67 bits per heavy atom. The van der Waals surface area contributed by atoms with Gasteiger partial charge < -0.3 is 9.47 Å². The minimum absolute atomic E-state index is 0.375. The lowest BCUT2D eigenvalue weighted by atomic mass is 9.86. The molecule has 0 bridgehead atoms. The molecule has 0 saturated carbocycles. The van der Waals surface area contributed by atoms with E-state index in [-0.39, 0.29) is 0 Å². The van der Waals surface area contributed by atoms with E-state index in [1.807, 2.05) is 6.07 Å². The third kappa shape index (κ3) is 4.93. The number of aryl methyl sites for hydroxylation is 1. The van der Waals surface area contributed by atoms with E-state index >= 15 is 0 Å². The van der Waals surface area contributed by atoms with Crippen molar-refractivity contribution in [2.24, 2.45) is 11.8 Å². The van der Waals surface area contributed by atoms with Crippen LogP contribution in [0, 0.1) is 11.8 Å². The van der Waals surface area contributed by atoms with Gasteiger partial charge in [0, 0.05) is 13.2 Å². The van der Waals surface area contributed by atoms with Crippen LogP contribution in [-0.4, -0.2) is 19.3 Å². The molecule has 2 nitrogen and oxygen atoms in total. The fourth-order valence-corrected chi connectivity index (χ4v) is 3.63. The molecule has 0 radical (unpaired) electrons. The van der Waals surface area contributed by atoms with Gasteiger partial charge in [0.05, 0.1) is 12.7 Å². The molecule has 1 fully saturated rings. The van der Waals surface area contributed by atoms with Crippen LogP contribution >= 0.6 is 0 Å². The third-order valence-corrected chi connectivity index (χ3v) is 5.04. The van der Waals surface area contributed by atoms with Crippen LogP contribution in [0.2, 0.25) is 0 Å². The van der Waals surface area contributed by atoms with E-state index in [2.05, 4.69) is 61.5 Å². The first-order chi connectivity index (χ1) is 11.8. The molecule has 1 aliphatic rings. The van der Waals surface area contributed by atoms with Crippen molar-refractivity contribution in [1.29, 1.82) is 0 Å². The molecular formula is C22H28O2. The van der Waals surface area contributed by atoms with Gasteiger partial charge in [-0.15, -0.1) is 0 Å². The maximum absolute atomic E-state index is 6.02. The highest BCUT2D eigenvalue weighted by Crippen LogP contribution is 2.31. The lowest BCUT2D eigenvalue weighted by molar-refractivity contribution is 0.0330. The summed E-state index contributed by atoms with van der Waals surface area (Å²) >= 11 is 0. The Morgan fingerprint density at radius 3 is 2.38 bits per heavy atom. The van der Waals surface area contributed by atoms with Gasteiger partial charge in [-0.2, -0.15) is 0 Å². The monoisotopic (exact) mass is 324 g/mol. The summed E-state index contributed by atoms with van der Waals surface area (Å²) in [7, 11) is 0. The second-order valence-corrected chi connectivity index (χ2v) is 6.86. The van der Waals surface area contributed by atoms with E-state index in [4.69, 9.17) is 9.47 Å². The van der Waals surface area contributed by atoms with Gasteiger partial charge >= 0.3 is 0 Å². The molecule has 2 aromatic carbocycles. The van der Waals surface area contributed by atoms with Crippen LogP contribution in [0.1, 0.15) is 30.9 Å². The fourth-order valence-electron chi connectivity index (χ4n) is 3.63. The summed E-state index contributed by atoms with van der Waals surface area (Å²) in [5, 5.41) is 0. The minimum Gasteiger partial charge on any atom is -0.378 e. The molecule has 0 aliphatic carbocycles. The molecule has 1 aliphatic heterocycles. The highest BCUT2D eigenvalue weighted by molar-refractivity contribution is 5.15. The van der Waals surface area contributed by atoms with E-state index in [9.17, 15) is 0 Å². The predicted octanol–water partition coefficient (Wildman–Crippen LogP) is 4.88. The van der Waals surface area contributed by atoms with Crippen molar-refractivity contribution in [2.75, 3.05) is 13.2 Å². The Balaban J connectivity index is 1.44. The van der Waals surface area contributed by atoms with Crippen LogP contribution in [0.15, 0.2) is 60.7 Å². The molecule has 0 N–H and O–H groups in total. The first-order valence-corrected chi connectivity index (χ1v) is 9.10. The van der Waals surface area contributed by atoms with Crippen molar-refractivity contribution in [2.45, 2.75) is 38.9 Å². The van der Waals surface area contributed by atoms with Crippen molar-refractivity contribution in [3.8, 4) is 0 Å². The van der Waals surface area contributed by atoms with E-state index in [0.29, 0.717) is 24.5 Å². The molecule has 3 rings (SSSR count). The maximum Gasteiger partial charge on any atom is 0.0717 e. The summed E-state index contributed by atoms with van der Waals surface area (Å²) in [5.41, 5.74) is 2.65. The lowest BCUT2D eigenvalue weighted by Gasteiger charge is -2.24.